The zero-order chi connectivity index (χ0) is 21.6. The Morgan fingerprint density at radius 1 is 1.10 bits per heavy atom. The fourth-order valence-corrected chi connectivity index (χ4v) is 5.72. The zero-order valence-electron chi connectivity index (χ0n) is 17.2. The van der Waals surface area contributed by atoms with Gasteiger partial charge in [0.2, 0.25) is 10.0 Å². The Balaban J connectivity index is 1.78. The summed E-state index contributed by atoms with van der Waals surface area (Å²) in [5.74, 6) is 0.748. The van der Waals surface area contributed by atoms with Crippen molar-refractivity contribution in [2.45, 2.75) is 43.5 Å². The first-order valence-electron chi connectivity index (χ1n) is 9.92. The predicted molar refractivity (Wildman–Crippen MR) is 111 cm³/mol. The van der Waals surface area contributed by atoms with Gasteiger partial charge in [0.1, 0.15) is 11.5 Å². The van der Waals surface area contributed by atoms with Crippen LogP contribution in [0.4, 0.5) is 0 Å². The van der Waals surface area contributed by atoms with Crippen LogP contribution in [0.1, 0.15) is 43.7 Å². The van der Waals surface area contributed by atoms with Crippen molar-refractivity contribution in [2.75, 3.05) is 6.54 Å². The molecule has 30 heavy (non-hydrogen) atoms. The Morgan fingerprint density at radius 2 is 1.80 bits per heavy atom. The molecule has 1 aliphatic heterocycles. The molecule has 10 heteroatoms. The Bertz CT molecular complexity index is 1340. The molecule has 0 saturated carbocycles. The third kappa shape index (κ3) is 3.20. The van der Waals surface area contributed by atoms with E-state index < -0.39 is 21.1 Å². The molecule has 9 nitrogen and oxygen atoms in total. The minimum atomic E-state index is -3.83. The van der Waals surface area contributed by atoms with Gasteiger partial charge in [0, 0.05) is 33.1 Å². The molecule has 160 valence electrons. The van der Waals surface area contributed by atoms with E-state index in [1.54, 1.807) is 6.07 Å². The van der Waals surface area contributed by atoms with Gasteiger partial charge in [0.25, 0.3) is 0 Å². The van der Waals surface area contributed by atoms with Crippen molar-refractivity contribution in [1.29, 1.82) is 0 Å². The van der Waals surface area contributed by atoms with Gasteiger partial charge in [-0.3, -0.25) is 9.59 Å². The highest BCUT2D eigenvalue weighted by Crippen LogP contribution is 2.36. The molecule has 0 radical (unpaired) electrons. The minimum Gasteiger partial charge on any atom is -0.361 e. The third-order valence-corrected chi connectivity index (χ3v) is 7.59. The molecule has 1 saturated heterocycles. The maximum atomic E-state index is 13.5. The maximum Gasteiger partial charge on any atom is 0.316 e. The lowest BCUT2D eigenvalue weighted by Crippen LogP contribution is -2.39. The minimum absolute atomic E-state index is 0.0767. The van der Waals surface area contributed by atoms with Crippen molar-refractivity contribution in [2.24, 2.45) is 14.1 Å². The molecule has 0 unspecified atom stereocenters. The van der Waals surface area contributed by atoms with Gasteiger partial charge in [-0.15, -0.1) is 0 Å². The van der Waals surface area contributed by atoms with E-state index in [-0.39, 0.29) is 10.9 Å². The highest BCUT2D eigenvalue weighted by atomic mass is 32.2. The number of aryl methyl sites for hydroxylation is 3. The molecule has 0 amide bonds. The average Bonchev–Trinajstić information content (AvgIpc) is 3.40. The van der Waals surface area contributed by atoms with Crippen LogP contribution in [0.15, 0.2) is 43.3 Å². The number of rotatable bonds is 5. The molecule has 4 rings (SSSR count). The van der Waals surface area contributed by atoms with E-state index in [1.165, 1.54) is 39.7 Å². The van der Waals surface area contributed by atoms with Crippen molar-refractivity contribution in [1.82, 2.24) is 18.6 Å². The second-order valence-corrected chi connectivity index (χ2v) is 9.51. The molecule has 0 bridgehead atoms. The summed E-state index contributed by atoms with van der Waals surface area (Å²) < 4.78 is 36.1. The first-order chi connectivity index (χ1) is 14.3. The highest BCUT2D eigenvalue weighted by molar-refractivity contribution is 7.89. The summed E-state index contributed by atoms with van der Waals surface area (Å²) in [7, 11) is -0.875. The number of fused-ring (bicyclic) bond motifs is 1. The first kappa shape index (κ1) is 20.5. The Hall–Kier alpha value is -2.72. The number of nitrogens with zero attached hydrogens (tertiary/aromatic N) is 4. The van der Waals surface area contributed by atoms with E-state index in [2.05, 4.69) is 5.16 Å². The zero-order valence-corrected chi connectivity index (χ0v) is 18.0. The summed E-state index contributed by atoms with van der Waals surface area (Å²) in [5.41, 5.74) is 0.124. The van der Waals surface area contributed by atoms with E-state index in [9.17, 15) is 18.0 Å². The first-order valence-corrected chi connectivity index (χ1v) is 11.4. The summed E-state index contributed by atoms with van der Waals surface area (Å²) in [6.45, 7) is 2.42. The van der Waals surface area contributed by atoms with E-state index >= 15 is 0 Å². The molecule has 1 atom stereocenters. The van der Waals surface area contributed by atoms with E-state index in [0.29, 0.717) is 29.7 Å². The van der Waals surface area contributed by atoms with E-state index in [1.807, 2.05) is 13.0 Å². The Kier molecular flexibility index (Phi) is 5.15. The van der Waals surface area contributed by atoms with Crippen molar-refractivity contribution >= 4 is 21.1 Å². The van der Waals surface area contributed by atoms with Crippen molar-refractivity contribution in [3.63, 3.8) is 0 Å². The van der Waals surface area contributed by atoms with Crippen LogP contribution >= 0.6 is 0 Å². The summed E-state index contributed by atoms with van der Waals surface area (Å²) >= 11 is 0. The molecule has 1 aromatic carbocycles. The monoisotopic (exact) mass is 432 g/mol. The number of aromatic nitrogens is 3. The van der Waals surface area contributed by atoms with Crippen LogP contribution in [-0.4, -0.2) is 33.6 Å². The lowest BCUT2D eigenvalue weighted by Gasteiger charge is -2.23. The van der Waals surface area contributed by atoms with Crippen LogP contribution in [-0.2, 0) is 30.5 Å². The summed E-state index contributed by atoms with van der Waals surface area (Å²) in [5, 5.41) is 4.11. The van der Waals surface area contributed by atoms with E-state index in [0.717, 1.165) is 25.0 Å². The molecule has 0 aliphatic carbocycles. The molecular weight excluding hydrogens is 408 g/mol. The third-order valence-electron chi connectivity index (χ3n) is 5.69. The molecule has 2 aromatic heterocycles. The molecule has 3 heterocycles. The van der Waals surface area contributed by atoms with Crippen LogP contribution in [0.5, 0.6) is 0 Å². The number of hydrogen-bond acceptors (Lipinski definition) is 6. The van der Waals surface area contributed by atoms with Gasteiger partial charge >= 0.3 is 11.1 Å². The normalized spacial score (nSPS) is 17.8. The van der Waals surface area contributed by atoms with Crippen molar-refractivity contribution in [3.8, 4) is 0 Å². The fourth-order valence-electron chi connectivity index (χ4n) is 4.03. The van der Waals surface area contributed by atoms with Crippen LogP contribution in [0.25, 0.3) is 11.0 Å². The lowest BCUT2D eigenvalue weighted by molar-refractivity contribution is 0.343. The van der Waals surface area contributed by atoms with E-state index in [4.69, 9.17) is 4.52 Å². The number of hydrogen-bond donors (Lipinski definition) is 0. The quantitative estimate of drug-likeness (QED) is 0.568. The topological polar surface area (TPSA) is 107 Å². The summed E-state index contributed by atoms with van der Waals surface area (Å²) in [6, 6.07) is 5.93. The summed E-state index contributed by atoms with van der Waals surface area (Å²) in [4.78, 5) is 24.3. The van der Waals surface area contributed by atoms with Gasteiger partial charge < -0.3 is 13.7 Å². The molecule has 3 aromatic rings. The standard InChI is InChI=1S/C20H24N4O5S/c1-4-6-13-11-15(21-29-13)16-7-5-10-24(16)30(27,28)14-8-9-17-18(12-14)23(3)20(26)19(25)22(17)2/h8-9,11-12,16H,4-7,10H2,1-3H3/t16-/m0/s1. The molecule has 0 spiro atoms. The van der Waals surface area contributed by atoms with Gasteiger partial charge in [-0.2, -0.15) is 4.31 Å². The van der Waals surface area contributed by atoms with Crippen LogP contribution in [0.2, 0.25) is 0 Å². The summed E-state index contributed by atoms with van der Waals surface area (Å²) in [6.07, 6.45) is 3.06. The second kappa shape index (κ2) is 7.51. The molecule has 0 N–H and O–H groups in total. The van der Waals surface area contributed by atoms with Crippen LogP contribution < -0.4 is 11.1 Å². The largest absolute Gasteiger partial charge is 0.361 e. The smallest absolute Gasteiger partial charge is 0.316 e. The SMILES string of the molecule is CCCc1cc([C@@H]2CCCN2S(=O)(=O)c2ccc3c(c2)n(C)c(=O)c(=O)n3C)no1. The van der Waals surface area contributed by atoms with Crippen molar-refractivity contribution in [3.05, 3.63) is 56.4 Å². The Morgan fingerprint density at radius 3 is 2.50 bits per heavy atom. The Labute approximate surface area is 173 Å². The fraction of sp³-hybridized carbons (Fsp3) is 0.450. The van der Waals surface area contributed by atoms with Crippen LogP contribution in [0.3, 0.4) is 0 Å². The van der Waals surface area contributed by atoms with Gasteiger partial charge in [0.05, 0.1) is 22.0 Å². The highest BCUT2D eigenvalue weighted by Gasteiger charge is 2.38. The van der Waals surface area contributed by atoms with Gasteiger partial charge in [-0.05, 0) is 37.5 Å². The average molecular weight is 433 g/mol. The predicted octanol–water partition coefficient (Wildman–Crippen LogP) is 1.70. The lowest BCUT2D eigenvalue weighted by atomic mass is 10.1. The molecular formula is C20H24N4O5S. The molecule has 1 fully saturated rings. The maximum absolute atomic E-state index is 13.5. The molecule has 1 aliphatic rings. The number of sulfonamides is 1. The van der Waals surface area contributed by atoms with Crippen LogP contribution in [0, 0.1) is 0 Å². The van der Waals surface area contributed by atoms with Crippen molar-refractivity contribution < 1.29 is 12.9 Å². The second-order valence-electron chi connectivity index (χ2n) is 7.62. The van der Waals surface area contributed by atoms with Gasteiger partial charge in [-0.1, -0.05) is 12.1 Å². The number of benzene rings is 1. The van der Waals surface area contributed by atoms with Gasteiger partial charge in [-0.25, -0.2) is 8.42 Å². The van der Waals surface area contributed by atoms with Gasteiger partial charge in [0.15, 0.2) is 0 Å².